The molecule has 1 unspecified atom stereocenters. The smallest absolute Gasteiger partial charge is 0.0983 e. The SMILES string of the molecule is NCCc1csc(C2CCOC2)n1. The average molecular weight is 198 g/mol. The van der Waals surface area contributed by atoms with Gasteiger partial charge in [0.25, 0.3) is 0 Å². The molecule has 0 amide bonds. The first kappa shape index (κ1) is 9.12. The van der Waals surface area contributed by atoms with Crippen molar-refractivity contribution in [1.29, 1.82) is 0 Å². The summed E-state index contributed by atoms with van der Waals surface area (Å²) in [4.78, 5) is 4.54. The molecule has 1 aromatic heterocycles. The third-order valence-corrected chi connectivity index (χ3v) is 3.30. The van der Waals surface area contributed by atoms with Crippen molar-refractivity contribution in [2.45, 2.75) is 18.8 Å². The molecule has 0 spiro atoms. The summed E-state index contributed by atoms with van der Waals surface area (Å²) >= 11 is 1.74. The van der Waals surface area contributed by atoms with E-state index in [1.165, 1.54) is 5.01 Å². The van der Waals surface area contributed by atoms with Gasteiger partial charge >= 0.3 is 0 Å². The molecule has 0 aromatic carbocycles. The molecule has 13 heavy (non-hydrogen) atoms. The third-order valence-electron chi connectivity index (χ3n) is 2.25. The quantitative estimate of drug-likeness (QED) is 0.792. The second-order valence-electron chi connectivity index (χ2n) is 3.28. The first-order valence-corrected chi connectivity index (χ1v) is 5.50. The fourth-order valence-electron chi connectivity index (χ4n) is 1.50. The second-order valence-corrected chi connectivity index (χ2v) is 4.17. The molecule has 1 aromatic rings. The van der Waals surface area contributed by atoms with Crippen LogP contribution in [0.4, 0.5) is 0 Å². The lowest BCUT2D eigenvalue weighted by Gasteiger charge is -2.00. The molecule has 1 atom stereocenters. The number of hydrogen-bond acceptors (Lipinski definition) is 4. The minimum atomic E-state index is 0.538. The maximum atomic E-state index is 5.46. The van der Waals surface area contributed by atoms with Gasteiger partial charge in [0.1, 0.15) is 0 Å². The van der Waals surface area contributed by atoms with Crippen molar-refractivity contribution in [3.63, 3.8) is 0 Å². The van der Waals surface area contributed by atoms with Crippen LogP contribution >= 0.6 is 11.3 Å². The number of ether oxygens (including phenoxy) is 1. The Bertz CT molecular complexity index is 268. The van der Waals surface area contributed by atoms with Crippen molar-refractivity contribution in [2.24, 2.45) is 5.73 Å². The second kappa shape index (κ2) is 4.17. The van der Waals surface area contributed by atoms with Gasteiger partial charge in [-0.2, -0.15) is 0 Å². The molecule has 2 heterocycles. The molecule has 3 nitrogen and oxygen atoms in total. The zero-order chi connectivity index (χ0) is 9.10. The van der Waals surface area contributed by atoms with E-state index in [1.807, 2.05) is 0 Å². The first-order valence-electron chi connectivity index (χ1n) is 4.62. The van der Waals surface area contributed by atoms with Gasteiger partial charge in [-0.1, -0.05) is 0 Å². The highest BCUT2D eigenvalue weighted by Crippen LogP contribution is 2.27. The van der Waals surface area contributed by atoms with Gasteiger partial charge < -0.3 is 10.5 Å². The maximum Gasteiger partial charge on any atom is 0.0983 e. The van der Waals surface area contributed by atoms with Gasteiger partial charge in [-0.3, -0.25) is 0 Å². The van der Waals surface area contributed by atoms with Gasteiger partial charge in [0.15, 0.2) is 0 Å². The highest BCUT2D eigenvalue weighted by Gasteiger charge is 2.20. The van der Waals surface area contributed by atoms with Gasteiger partial charge in [-0.25, -0.2) is 4.98 Å². The monoisotopic (exact) mass is 198 g/mol. The maximum absolute atomic E-state index is 5.46. The molecule has 4 heteroatoms. The Labute approximate surface area is 81.9 Å². The summed E-state index contributed by atoms with van der Waals surface area (Å²) in [6.07, 6.45) is 2.01. The Morgan fingerprint density at radius 3 is 3.31 bits per heavy atom. The number of thiazole rings is 1. The first-order chi connectivity index (χ1) is 6.40. The Balaban J connectivity index is 2.03. The molecule has 1 saturated heterocycles. The molecule has 2 N–H and O–H groups in total. The number of hydrogen-bond donors (Lipinski definition) is 1. The van der Waals surface area contributed by atoms with Crippen LogP contribution in [-0.2, 0) is 11.2 Å². The van der Waals surface area contributed by atoms with Crippen molar-refractivity contribution in [2.75, 3.05) is 19.8 Å². The van der Waals surface area contributed by atoms with Gasteiger partial charge in [-0.15, -0.1) is 11.3 Å². The lowest BCUT2D eigenvalue weighted by Crippen LogP contribution is -2.03. The van der Waals surface area contributed by atoms with Crippen molar-refractivity contribution in [1.82, 2.24) is 4.98 Å². The van der Waals surface area contributed by atoms with Crippen LogP contribution in [0.5, 0.6) is 0 Å². The van der Waals surface area contributed by atoms with Crippen molar-refractivity contribution in [3.8, 4) is 0 Å². The molecule has 0 saturated carbocycles. The van der Waals surface area contributed by atoms with Crippen LogP contribution in [0, 0.1) is 0 Å². The summed E-state index contributed by atoms with van der Waals surface area (Å²) < 4.78 is 5.32. The van der Waals surface area contributed by atoms with Gasteiger partial charge in [0.2, 0.25) is 0 Å². The van der Waals surface area contributed by atoms with Crippen LogP contribution in [0.1, 0.15) is 23.0 Å². The van der Waals surface area contributed by atoms with Crippen LogP contribution in [-0.4, -0.2) is 24.7 Å². The topological polar surface area (TPSA) is 48.1 Å². The van der Waals surface area contributed by atoms with Crippen LogP contribution in [0.25, 0.3) is 0 Å². The Morgan fingerprint density at radius 1 is 1.69 bits per heavy atom. The largest absolute Gasteiger partial charge is 0.381 e. The molecular weight excluding hydrogens is 184 g/mol. The fourth-order valence-corrected chi connectivity index (χ4v) is 2.48. The number of nitrogens with zero attached hydrogens (tertiary/aromatic N) is 1. The van der Waals surface area contributed by atoms with E-state index in [4.69, 9.17) is 10.5 Å². The molecule has 1 aliphatic rings. The predicted octanol–water partition coefficient (Wildman–Crippen LogP) is 1.15. The van der Waals surface area contributed by atoms with Crippen molar-refractivity contribution >= 4 is 11.3 Å². The van der Waals surface area contributed by atoms with Gasteiger partial charge in [-0.05, 0) is 13.0 Å². The summed E-state index contributed by atoms with van der Waals surface area (Å²) in [5, 5.41) is 3.33. The molecule has 0 bridgehead atoms. The molecule has 1 fully saturated rings. The number of aromatic nitrogens is 1. The Hall–Kier alpha value is -0.450. The zero-order valence-corrected chi connectivity index (χ0v) is 8.35. The Kier molecular flexibility index (Phi) is 2.93. The Morgan fingerprint density at radius 2 is 2.62 bits per heavy atom. The predicted molar refractivity (Wildman–Crippen MR) is 53.0 cm³/mol. The van der Waals surface area contributed by atoms with Gasteiger partial charge in [0.05, 0.1) is 17.3 Å². The minimum Gasteiger partial charge on any atom is -0.381 e. The summed E-state index contributed by atoms with van der Waals surface area (Å²) in [5.74, 6) is 0.538. The molecule has 1 aliphatic heterocycles. The highest BCUT2D eigenvalue weighted by atomic mass is 32.1. The van der Waals surface area contributed by atoms with Crippen LogP contribution in [0.2, 0.25) is 0 Å². The molecule has 0 radical (unpaired) electrons. The van der Waals surface area contributed by atoms with Crippen LogP contribution in [0.15, 0.2) is 5.38 Å². The lowest BCUT2D eigenvalue weighted by atomic mass is 10.1. The van der Waals surface area contributed by atoms with Crippen molar-refractivity contribution in [3.05, 3.63) is 16.1 Å². The molecular formula is C9H14N2OS. The molecule has 72 valence electrons. The lowest BCUT2D eigenvalue weighted by molar-refractivity contribution is 0.194. The van der Waals surface area contributed by atoms with E-state index in [9.17, 15) is 0 Å². The molecule has 0 aliphatic carbocycles. The van der Waals surface area contributed by atoms with Crippen LogP contribution < -0.4 is 5.73 Å². The average Bonchev–Trinajstić information content (AvgIpc) is 2.70. The van der Waals surface area contributed by atoms with E-state index in [1.54, 1.807) is 11.3 Å². The summed E-state index contributed by atoms with van der Waals surface area (Å²) in [5.41, 5.74) is 6.60. The van der Waals surface area contributed by atoms with Crippen LogP contribution in [0.3, 0.4) is 0 Å². The van der Waals surface area contributed by atoms with E-state index in [0.29, 0.717) is 12.5 Å². The molecule has 2 rings (SSSR count). The number of nitrogens with two attached hydrogens (primary N) is 1. The number of rotatable bonds is 3. The zero-order valence-electron chi connectivity index (χ0n) is 7.53. The summed E-state index contributed by atoms with van der Waals surface area (Å²) in [6.45, 7) is 2.41. The summed E-state index contributed by atoms with van der Waals surface area (Å²) in [6, 6.07) is 0. The van der Waals surface area contributed by atoms with E-state index in [-0.39, 0.29) is 0 Å². The van der Waals surface area contributed by atoms with E-state index in [0.717, 1.165) is 31.7 Å². The van der Waals surface area contributed by atoms with E-state index < -0.39 is 0 Å². The summed E-state index contributed by atoms with van der Waals surface area (Å²) in [7, 11) is 0. The van der Waals surface area contributed by atoms with E-state index >= 15 is 0 Å². The normalized spacial score (nSPS) is 22.4. The van der Waals surface area contributed by atoms with Crippen molar-refractivity contribution < 1.29 is 4.74 Å². The fraction of sp³-hybridized carbons (Fsp3) is 0.667. The van der Waals surface area contributed by atoms with Gasteiger partial charge in [0, 0.05) is 24.3 Å². The van der Waals surface area contributed by atoms with E-state index in [2.05, 4.69) is 10.4 Å². The standard InChI is InChI=1S/C9H14N2OS/c10-3-1-8-6-13-9(11-8)7-2-4-12-5-7/h6-7H,1-5,10H2. The highest BCUT2D eigenvalue weighted by molar-refractivity contribution is 7.09. The third kappa shape index (κ3) is 2.07. The minimum absolute atomic E-state index is 0.538.